The molecule has 0 aliphatic rings. The molecular weight excluding hydrogens is 244 g/mol. The Bertz CT molecular complexity index is 370. The number of aryl methyl sites for hydroxylation is 2. The maximum Gasteiger partial charge on any atom is 0.328 e. The van der Waals surface area contributed by atoms with E-state index in [0.29, 0.717) is 0 Å². The topological polar surface area (TPSA) is 26.9 Å². The average molecular weight is 270 g/mol. The summed E-state index contributed by atoms with van der Waals surface area (Å²) in [5, 5.41) is 0. The maximum atomic E-state index is 11.8. The molecule has 0 fully saturated rings. The van der Waals surface area contributed by atoms with Crippen molar-refractivity contribution in [3.63, 3.8) is 0 Å². The molecule has 0 atom stereocenters. The van der Waals surface area contributed by atoms with Crippen molar-refractivity contribution in [2.45, 2.75) is 65.0 Å². The zero-order chi connectivity index (χ0) is 13.2. The summed E-state index contributed by atoms with van der Waals surface area (Å²) in [6.45, 7) is 3.62. The number of rotatable bonds is 10. The molecule has 0 spiro atoms. The smallest absolute Gasteiger partial charge is 0.300 e. The first-order valence-electron chi connectivity index (χ1n) is 7.16. The van der Waals surface area contributed by atoms with Crippen molar-refractivity contribution in [3.8, 4) is 0 Å². The van der Waals surface area contributed by atoms with Gasteiger partial charge in [0.1, 0.15) is 0 Å². The molecule has 0 bridgehead atoms. The van der Waals surface area contributed by atoms with Crippen LogP contribution in [-0.4, -0.2) is 14.9 Å². The van der Waals surface area contributed by atoms with E-state index < -0.39 is 0 Å². The minimum atomic E-state index is 0.131. The molecule has 1 rings (SSSR count). The number of aromatic nitrogens is 2. The molecule has 104 valence electrons. The summed E-state index contributed by atoms with van der Waals surface area (Å²) in [7, 11) is 0. The quantitative estimate of drug-likeness (QED) is 0.512. The first-order chi connectivity index (χ1) is 8.79. The van der Waals surface area contributed by atoms with Gasteiger partial charge >= 0.3 is 5.69 Å². The molecule has 0 aliphatic heterocycles. The molecule has 4 heteroatoms. The third-order valence-electron chi connectivity index (χ3n) is 3.32. The van der Waals surface area contributed by atoms with Crippen LogP contribution in [0.15, 0.2) is 17.2 Å². The number of hydrogen-bond donors (Lipinski definition) is 1. The van der Waals surface area contributed by atoms with E-state index >= 15 is 0 Å². The zero-order valence-corrected chi connectivity index (χ0v) is 12.4. The lowest BCUT2D eigenvalue weighted by molar-refractivity contribution is 0.536. The Morgan fingerprint density at radius 1 is 0.944 bits per heavy atom. The first kappa shape index (κ1) is 15.4. The summed E-state index contributed by atoms with van der Waals surface area (Å²) in [5.74, 6) is 1.01. The third-order valence-corrected chi connectivity index (χ3v) is 3.63. The molecule has 1 aromatic heterocycles. The lowest BCUT2D eigenvalue weighted by Crippen LogP contribution is -2.23. The first-order valence-corrected chi connectivity index (χ1v) is 7.79. The molecule has 0 unspecified atom stereocenters. The van der Waals surface area contributed by atoms with Crippen molar-refractivity contribution in [2.75, 3.05) is 5.75 Å². The number of unbranched alkanes of at least 4 members (excludes halogenated alkanes) is 6. The minimum absolute atomic E-state index is 0.131. The second kappa shape index (κ2) is 9.31. The van der Waals surface area contributed by atoms with Crippen molar-refractivity contribution in [1.82, 2.24) is 9.13 Å². The fraction of sp³-hybridized carbons (Fsp3) is 0.786. The molecule has 0 saturated carbocycles. The molecular formula is C14H26N2OS. The van der Waals surface area contributed by atoms with Gasteiger partial charge < -0.3 is 0 Å². The Labute approximate surface area is 116 Å². The largest absolute Gasteiger partial charge is 0.328 e. The van der Waals surface area contributed by atoms with Gasteiger partial charge in [0, 0.05) is 25.5 Å². The van der Waals surface area contributed by atoms with Crippen LogP contribution < -0.4 is 5.69 Å². The van der Waals surface area contributed by atoms with Crippen LogP contribution in [0.4, 0.5) is 0 Å². The lowest BCUT2D eigenvalue weighted by atomic mass is 10.1. The van der Waals surface area contributed by atoms with Crippen molar-refractivity contribution < 1.29 is 0 Å². The van der Waals surface area contributed by atoms with E-state index in [1.807, 2.05) is 23.9 Å². The molecule has 0 aliphatic carbocycles. The van der Waals surface area contributed by atoms with E-state index in [2.05, 4.69) is 12.6 Å². The Kier molecular flexibility index (Phi) is 7.98. The zero-order valence-electron chi connectivity index (χ0n) is 11.5. The Hall–Kier alpha value is -0.640. The van der Waals surface area contributed by atoms with Gasteiger partial charge in [-0.15, -0.1) is 0 Å². The van der Waals surface area contributed by atoms with Crippen molar-refractivity contribution in [2.24, 2.45) is 0 Å². The molecule has 3 nitrogen and oxygen atoms in total. The summed E-state index contributed by atoms with van der Waals surface area (Å²) in [6.07, 6.45) is 12.6. The number of thiol groups is 1. The normalized spacial score (nSPS) is 11.0. The van der Waals surface area contributed by atoms with E-state index in [1.54, 1.807) is 4.57 Å². The van der Waals surface area contributed by atoms with Gasteiger partial charge in [0.05, 0.1) is 0 Å². The number of nitrogens with zero attached hydrogens (tertiary/aromatic N) is 2. The predicted octanol–water partition coefficient (Wildman–Crippen LogP) is 3.33. The highest BCUT2D eigenvalue weighted by Gasteiger charge is 2.00. The third kappa shape index (κ3) is 5.34. The molecule has 1 aromatic rings. The summed E-state index contributed by atoms with van der Waals surface area (Å²) < 4.78 is 3.57. The van der Waals surface area contributed by atoms with Gasteiger partial charge in [0.25, 0.3) is 0 Å². The Balaban J connectivity index is 2.07. The summed E-state index contributed by atoms with van der Waals surface area (Å²) in [6, 6.07) is 0. The van der Waals surface area contributed by atoms with Gasteiger partial charge in [-0.05, 0) is 25.5 Å². The summed E-state index contributed by atoms with van der Waals surface area (Å²) in [4.78, 5) is 11.8. The second-order valence-corrected chi connectivity index (χ2v) is 5.21. The Morgan fingerprint density at radius 3 is 2.06 bits per heavy atom. The van der Waals surface area contributed by atoms with E-state index in [1.165, 1.54) is 38.5 Å². The van der Waals surface area contributed by atoms with Gasteiger partial charge in [-0.2, -0.15) is 12.6 Å². The highest BCUT2D eigenvalue weighted by Crippen LogP contribution is 2.08. The number of hydrogen-bond acceptors (Lipinski definition) is 2. The fourth-order valence-corrected chi connectivity index (χ4v) is 2.37. The average Bonchev–Trinajstić information content (AvgIpc) is 2.73. The van der Waals surface area contributed by atoms with Crippen LogP contribution >= 0.6 is 12.6 Å². The molecule has 0 saturated heterocycles. The van der Waals surface area contributed by atoms with E-state index in [9.17, 15) is 4.79 Å². The summed E-state index contributed by atoms with van der Waals surface area (Å²) in [5.41, 5.74) is 0.131. The van der Waals surface area contributed by atoms with E-state index in [4.69, 9.17) is 0 Å². The van der Waals surface area contributed by atoms with Crippen LogP contribution in [0.2, 0.25) is 0 Å². The molecule has 0 radical (unpaired) electrons. The molecule has 0 N–H and O–H groups in total. The van der Waals surface area contributed by atoms with Gasteiger partial charge in [-0.3, -0.25) is 9.13 Å². The van der Waals surface area contributed by atoms with E-state index in [-0.39, 0.29) is 5.69 Å². The number of imidazole rings is 1. The summed E-state index contributed by atoms with van der Waals surface area (Å²) >= 11 is 4.20. The van der Waals surface area contributed by atoms with Crippen molar-refractivity contribution in [1.29, 1.82) is 0 Å². The maximum absolute atomic E-state index is 11.8. The monoisotopic (exact) mass is 270 g/mol. The van der Waals surface area contributed by atoms with Crippen LogP contribution in [-0.2, 0) is 13.1 Å². The molecule has 0 aromatic carbocycles. The molecule has 1 heterocycles. The van der Waals surface area contributed by atoms with Crippen LogP contribution in [0, 0.1) is 0 Å². The van der Waals surface area contributed by atoms with Crippen molar-refractivity contribution in [3.05, 3.63) is 22.9 Å². The SMILES string of the molecule is CCn1ccn(CCCCCCCCCS)c1=O. The van der Waals surface area contributed by atoms with Gasteiger partial charge in [-0.25, -0.2) is 4.79 Å². The molecule has 18 heavy (non-hydrogen) atoms. The van der Waals surface area contributed by atoms with E-state index in [0.717, 1.165) is 25.3 Å². The van der Waals surface area contributed by atoms with Crippen molar-refractivity contribution >= 4 is 12.6 Å². The van der Waals surface area contributed by atoms with Crippen LogP contribution in [0.5, 0.6) is 0 Å². The highest BCUT2D eigenvalue weighted by atomic mass is 32.1. The standard InChI is InChI=1S/C14H26N2OS/c1-2-15-11-12-16(14(15)17)10-8-6-4-3-5-7-9-13-18/h11-12,18H,2-10,13H2,1H3. The lowest BCUT2D eigenvalue weighted by Gasteiger charge is -2.02. The minimum Gasteiger partial charge on any atom is -0.300 e. The predicted molar refractivity (Wildman–Crippen MR) is 80.5 cm³/mol. The van der Waals surface area contributed by atoms with Gasteiger partial charge in [0.2, 0.25) is 0 Å². The second-order valence-electron chi connectivity index (χ2n) is 4.76. The van der Waals surface area contributed by atoms with Gasteiger partial charge in [0.15, 0.2) is 0 Å². The molecule has 0 amide bonds. The Morgan fingerprint density at radius 2 is 1.50 bits per heavy atom. The van der Waals surface area contributed by atoms with Crippen LogP contribution in [0.1, 0.15) is 51.9 Å². The van der Waals surface area contributed by atoms with Crippen LogP contribution in [0.25, 0.3) is 0 Å². The van der Waals surface area contributed by atoms with Crippen LogP contribution in [0.3, 0.4) is 0 Å². The highest BCUT2D eigenvalue weighted by molar-refractivity contribution is 7.80. The van der Waals surface area contributed by atoms with Gasteiger partial charge in [-0.1, -0.05) is 32.1 Å². The fourth-order valence-electron chi connectivity index (χ4n) is 2.14.